The fourth-order valence-corrected chi connectivity index (χ4v) is 4.02. The Kier molecular flexibility index (Phi) is 4.02. The van der Waals surface area contributed by atoms with Crippen LogP contribution in [0.1, 0.15) is 12.5 Å². The van der Waals surface area contributed by atoms with Crippen molar-refractivity contribution in [1.29, 1.82) is 0 Å². The second-order valence-corrected chi connectivity index (χ2v) is 6.24. The van der Waals surface area contributed by atoms with E-state index in [2.05, 4.69) is 13.2 Å². The second kappa shape index (κ2) is 5.34. The van der Waals surface area contributed by atoms with Gasteiger partial charge in [0.25, 0.3) is 0 Å². The summed E-state index contributed by atoms with van der Waals surface area (Å²) in [5, 5.41) is 1.65. The predicted molar refractivity (Wildman–Crippen MR) is 80.3 cm³/mol. The summed E-state index contributed by atoms with van der Waals surface area (Å²) < 4.78 is 1.31. The van der Waals surface area contributed by atoms with Gasteiger partial charge in [-0.25, -0.2) is 0 Å². The highest BCUT2D eigenvalue weighted by atomic mass is 35.5. The van der Waals surface area contributed by atoms with E-state index in [-0.39, 0.29) is 0 Å². The Hall–Kier alpha value is -0.640. The molecule has 0 unspecified atom stereocenters. The lowest BCUT2D eigenvalue weighted by Crippen LogP contribution is -1.88. The van der Waals surface area contributed by atoms with Crippen LogP contribution >= 0.6 is 34.7 Å². The molecule has 4 heteroatoms. The van der Waals surface area contributed by atoms with Gasteiger partial charge in [-0.05, 0) is 35.9 Å². The van der Waals surface area contributed by atoms with Gasteiger partial charge in [0.05, 0.1) is 9.21 Å². The Morgan fingerprint density at radius 2 is 1.94 bits per heavy atom. The van der Waals surface area contributed by atoms with Crippen LogP contribution in [0.4, 0.5) is 5.00 Å². The maximum atomic E-state index is 6.14. The van der Waals surface area contributed by atoms with Crippen molar-refractivity contribution in [2.45, 2.75) is 17.6 Å². The molecule has 0 fully saturated rings. The molecule has 17 heavy (non-hydrogen) atoms. The van der Waals surface area contributed by atoms with Gasteiger partial charge in [0, 0.05) is 10.6 Å². The van der Waals surface area contributed by atoms with Crippen LogP contribution in [-0.2, 0) is 6.42 Å². The van der Waals surface area contributed by atoms with Gasteiger partial charge in [0.15, 0.2) is 0 Å². The molecule has 2 N–H and O–H groups in total. The first-order valence-corrected chi connectivity index (χ1v) is 7.80. The Bertz CT molecular complexity index is 517. The zero-order valence-electron chi connectivity index (χ0n) is 9.79. The largest absolute Gasteiger partial charge is 0.390 e. The first-order chi connectivity index (χ1) is 8.17. The molecule has 0 radical (unpaired) electrons. The number of benzene rings is 1. The lowest BCUT2D eigenvalue weighted by Gasteiger charge is -2.05. The van der Waals surface area contributed by atoms with Crippen molar-refractivity contribution in [1.82, 2.24) is 0 Å². The number of nitrogens with two attached hydrogens (primary N) is 1. The summed E-state index contributed by atoms with van der Waals surface area (Å²) >= 11 is 9.35. The van der Waals surface area contributed by atoms with E-state index < -0.39 is 0 Å². The molecule has 1 heterocycles. The number of thioether (sulfide) groups is 1. The van der Waals surface area contributed by atoms with Crippen molar-refractivity contribution in [3.05, 3.63) is 34.9 Å². The van der Waals surface area contributed by atoms with Crippen LogP contribution in [0.5, 0.6) is 0 Å². The van der Waals surface area contributed by atoms with Crippen LogP contribution in [0.25, 0.3) is 11.1 Å². The Morgan fingerprint density at radius 3 is 2.47 bits per heavy atom. The third kappa shape index (κ3) is 2.46. The van der Waals surface area contributed by atoms with E-state index >= 15 is 0 Å². The molecule has 0 bridgehead atoms. The van der Waals surface area contributed by atoms with Gasteiger partial charge in [-0.15, -0.1) is 23.1 Å². The fourth-order valence-electron chi connectivity index (χ4n) is 1.88. The number of rotatable bonds is 3. The second-order valence-electron chi connectivity index (χ2n) is 3.67. The minimum Gasteiger partial charge on any atom is -0.390 e. The molecule has 0 atom stereocenters. The molecule has 0 aliphatic rings. The van der Waals surface area contributed by atoms with Gasteiger partial charge in [-0.3, -0.25) is 0 Å². The average Bonchev–Trinajstić information content (AvgIpc) is 2.66. The topological polar surface area (TPSA) is 26.0 Å². The predicted octanol–water partition coefficient (Wildman–Crippen LogP) is 4.94. The molecule has 1 aromatic heterocycles. The summed E-state index contributed by atoms with van der Waals surface area (Å²) in [5.41, 5.74) is 9.82. The van der Waals surface area contributed by atoms with Crippen molar-refractivity contribution in [3.8, 4) is 11.1 Å². The number of hydrogen-bond acceptors (Lipinski definition) is 3. The molecule has 90 valence electrons. The minimum absolute atomic E-state index is 0.755. The highest BCUT2D eigenvalue weighted by molar-refractivity contribution is 8.00. The third-order valence-corrected chi connectivity index (χ3v) is 5.14. The first-order valence-electron chi connectivity index (χ1n) is 5.38. The maximum absolute atomic E-state index is 6.14. The van der Waals surface area contributed by atoms with Crippen LogP contribution in [0, 0.1) is 0 Å². The quantitative estimate of drug-likeness (QED) is 0.808. The van der Waals surface area contributed by atoms with E-state index in [4.69, 9.17) is 17.3 Å². The van der Waals surface area contributed by atoms with Crippen LogP contribution in [-0.4, -0.2) is 6.26 Å². The molecule has 2 aromatic rings. The summed E-state index contributed by atoms with van der Waals surface area (Å²) in [7, 11) is 0. The Morgan fingerprint density at radius 1 is 1.29 bits per heavy atom. The van der Waals surface area contributed by atoms with Gasteiger partial charge < -0.3 is 5.73 Å². The van der Waals surface area contributed by atoms with E-state index in [1.54, 1.807) is 23.1 Å². The Balaban J connectivity index is 2.57. The zero-order chi connectivity index (χ0) is 12.4. The van der Waals surface area contributed by atoms with E-state index in [0.29, 0.717) is 0 Å². The molecule has 0 aliphatic carbocycles. The normalized spacial score (nSPS) is 10.8. The van der Waals surface area contributed by atoms with Crippen molar-refractivity contribution in [3.63, 3.8) is 0 Å². The fraction of sp³-hybridized carbons (Fsp3) is 0.231. The summed E-state index contributed by atoms with van der Waals surface area (Å²) in [4.78, 5) is 0. The number of halogens is 1. The molecule has 0 saturated heterocycles. The number of anilines is 1. The van der Waals surface area contributed by atoms with E-state index in [0.717, 1.165) is 22.0 Å². The lowest BCUT2D eigenvalue weighted by atomic mass is 10.0. The number of thiophene rings is 1. The molecule has 0 spiro atoms. The highest BCUT2D eigenvalue weighted by Crippen LogP contribution is 2.43. The summed E-state index contributed by atoms with van der Waals surface area (Å²) in [6, 6.07) is 7.88. The molecule has 0 amide bonds. The highest BCUT2D eigenvalue weighted by Gasteiger charge is 2.15. The van der Waals surface area contributed by atoms with E-state index in [1.807, 2.05) is 24.3 Å². The van der Waals surface area contributed by atoms with Gasteiger partial charge in [-0.1, -0.05) is 30.7 Å². The van der Waals surface area contributed by atoms with Crippen LogP contribution in [0.2, 0.25) is 5.02 Å². The van der Waals surface area contributed by atoms with Gasteiger partial charge in [0.2, 0.25) is 0 Å². The molecular weight excluding hydrogens is 270 g/mol. The van der Waals surface area contributed by atoms with Crippen LogP contribution in [0.15, 0.2) is 28.5 Å². The van der Waals surface area contributed by atoms with E-state index in [1.165, 1.54) is 15.3 Å². The number of nitrogen functional groups attached to an aromatic ring is 1. The first kappa shape index (κ1) is 12.8. The molecule has 0 aliphatic heterocycles. The molecular formula is C13H14ClNS2. The number of hydrogen-bond donors (Lipinski definition) is 1. The SMILES string of the molecule is CCc1c(SC)sc(N)c1-c1ccc(Cl)cc1. The van der Waals surface area contributed by atoms with Crippen LogP contribution < -0.4 is 5.73 Å². The maximum Gasteiger partial charge on any atom is 0.0950 e. The summed E-state index contributed by atoms with van der Waals surface area (Å²) in [6.45, 7) is 2.17. The van der Waals surface area contributed by atoms with Gasteiger partial charge in [0.1, 0.15) is 0 Å². The smallest absolute Gasteiger partial charge is 0.0950 e. The Labute approximate surface area is 115 Å². The van der Waals surface area contributed by atoms with Crippen molar-refractivity contribution >= 4 is 39.7 Å². The lowest BCUT2D eigenvalue weighted by molar-refractivity contribution is 1.12. The third-order valence-electron chi connectivity index (χ3n) is 2.67. The standard InChI is InChI=1S/C13H14ClNS2/c1-3-10-11(12(15)17-13(10)16-2)8-4-6-9(14)7-5-8/h4-7H,3,15H2,1-2H3. The van der Waals surface area contributed by atoms with Crippen LogP contribution in [0.3, 0.4) is 0 Å². The molecule has 1 nitrogen and oxygen atoms in total. The molecule has 1 aromatic carbocycles. The van der Waals surface area contributed by atoms with Crippen molar-refractivity contribution in [2.75, 3.05) is 12.0 Å². The van der Waals surface area contributed by atoms with Gasteiger partial charge >= 0.3 is 0 Å². The molecule has 2 rings (SSSR count). The van der Waals surface area contributed by atoms with E-state index in [9.17, 15) is 0 Å². The zero-order valence-corrected chi connectivity index (χ0v) is 12.2. The average molecular weight is 284 g/mol. The summed E-state index contributed by atoms with van der Waals surface area (Å²) in [6.07, 6.45) is 3.10. The summed E-state index contributed by atoms with van der Waals surface area (Å²) in [5.74, 6) is 0. The monoisotopic (exact) mass is 283 g/mol. The van der Waals surface area contributed by atoms with Gasteiger partial charge in [-0.2, -0.15) is 0 Å². The van der Waals surface area contributed by atoms with Crippen molar-refractivity contribution in [2.24, 2.45) is 0 Å². The van der Waals surface area contributed by atoms with Crippen molar-refractivity contribution < 1.29 is 0 Å². The molecule has 0 saturated carbocycles. The minimum atomic E-state index is 0.755.